The number of benzene rings is 2. The first-order valence-electron chi connectivity index (χ1n) is 10.0. The second-order valence-electron chi connectivity index (χ2n) is 7.16. The Morgan fingerprint density at radius 1 is 1.21 bits per heavy atom. The minimum Gasteiger partial charge on any atom is -0.507 e. The molecular formula is C24H24BrNO7. The molecule has 174 valence electrons. The molecule has 1 heterocycles. The second kappa shape index (κ2) is 10.5. The predicted molar refractivity (Wildman–Crippen MR) is 125 cm³/mol. The van der Waals surface area contributed by atoms with Crippen LogP contribution in [-0.4, -0.2) is 60.8 Å². The fourth-order valence-corrected chi connectivity index (χ4v) is 4.03. The Bertz CT molecular complexity index is 1090. The number of phenols is 1. The summed E-state index contributed by atoms with van der Waals surface area (Å²) in [6.07, 6.45) is 1.61. The maximum Gasteiger partial charge on any atom is 0.295 e. The molecule has 1 fully saturated rings. The van der Waals surface area contributed by atoms with Crippen molar-refractivity contribution in [2.45, 2.75) is 6.04 Å². The fraction of sp³-hybridized carbons (Fsp3) is 0.250. The highest BCUT2D eigenvalue weighted by molar-refractivity contribution is 9.10. The van der Waals surface area contributed by atoms with E-state index in [1.54, 1.807) is 36.4 Å². The first-order valence-corrected chi connectivity index (χ1v) is 10.8. The number of halogens is 1. The van der Waals surface area contributed by atoms with E-state index in [9.17, 15) is 19.8 Å². The molecule has 3 rings (SSSR count). The summed E-state index contributed by atoms with van der Waals surface area (Å²) in [5, 5.41) is 21.3. The number of aromatic hydroxyl groups is 1. The summed E-state index contributed by atoms with van der Waals surface area (Å²) in [7, 11) is 2.88. The van der Waals surface area contributed by atoms with E-state index >= 15 is 0 Å². The number of likely N-dealkylation sites (tertiary alicyclic amines) is 1. The molecule has 0 saturated carbocycles. The van der Waals surface area contributed by atoms with Crippen molar-refractivity contribution < 1.29 is 34.0 Å². The van der Waals surface area contributed by atoms with Crippen molar-refractivity contribution in [2.24, 2.45) is 0 Å². The van der Waals surface area contributed by atoms with Crippen LogP contribution in [0.15, 0.2) is 59.1 Å². The Morgan fingerprint density at radius 3 is 2.52 bits per heavy atom. The van der Waals surface area contributed by atoms with Crippen molar-refractivity contribution in [3.05, 3.63) is 70.2 Å². The lowest BCUT2D eigenvalue weighted by Crippen LogP contribution is -2.32. The van der Waals surface area contributed by atoms with Gasteiger partial charge in [-0.1, -0.05) is 12.7 Å². The highest BCUT2D eigenvalue weighted by Gasteiger charge is 2.46. The number of hydrogen-bond donors (Lipinski definition) is 2. The van der Waals surface area contributed by atoms with E-state index in [0.29, 0.717) is 28.0 Å². The smallest absolute Gasteiger partial charge is 0.295 e. The van der Waals surface area contributed by atoms with E-state index in [1.807, 2.05) is 0 Å². The molecule has 0 bridgehead atoms. The number of aliphatic hydroxyl groups is 1. The summed E-state index contributed by atoms with van der Waals surface area (Å²) in [6.45, 7) is 4.23. The van der Waals surface area contributed by atoms with Gasteiger partial charge in [-0.15, -0.1) is 0 Å². The van der Waals surface area contributed by atoms with Crippen LogP contribution in [0, 0.1) is 0 Å². The molecule has 1 aliphatic heterocycles. The number of hydrogen-bond acceptors (Lipinski definition) is 7. The molecule has 2 aromatic rings. The Kier molecular flexibility index (Phi) is 7.78. The number of ether oxygens (including phenoxy) is 3. The summed E-state index contributed by atoms with van der Waals surface area (Å²) in [6, 6.07) is 8.68. The average molecular weight is 518 g/mol. The number of carbonyl (C=O) groups is 2. The number of ketones is 1. The van der Waals surface area contributed by atoms with E-state index in [4.69, 9.17) is 14.2 Å². The Labute approximate surface area is 199 Å². The third-order valence-corrected chi connectivity index (χ3v) is 5.76. The van der Waals surface area contributed by atoms with Crippen molar-refractivity contribution >= 4 is 33.4 Å². The van der Waals surface area contributed by atoms with Crippen LogP contribution in [0.3, 0.4) is 0 Å². The van der Waals surface area contributed by atoms with Crippen LogP contribution >= 0.6 is 15.9 Å². The Balaban J connectivity index is 2.14. The van der Waals surface area contributed by atoms with Crippen LogP contribution in [-0.2, 0) is 14.3 Å². The van der Waals surface area contributed by atoms with Gasteiger partial charge in [0.05, 0.1) is 29.8 Å². The SMILES string of the molecule is C=CCOc1ccc(C(O)=C2C(=O)C(=O)N(CCOC)[C@H]2c2cc(Br)c(O)c(OC)c2)cc1. The molecule has 0 radical (unpaired) electrons. The maximum absolute atomic E-state index is 13.0. The molecule has 2 aromatic carbocycles. The van der Waals surface area contributed by atoms with Gasteiger partial charge >= 0.3 is 0 Å². The number of phenolic OH excluding ortho intramolecular Hbond substituents is 1. The minimum absolute atomic E-state index is 0.0736. The number of carbonyl (C=O) groups excluding carboxylic acids is 2. The fourth-order valence-electron chi connectivity index (χ4n) is 3.57. The monoisotopic (exact) mass is 517 g/mol. The molecule has 0 spiro atoms. The minimum atomic E-state index is -0.914. The number of methoxy groups -OCH3 is 2. The lowest BCUT2D eigenvalue weighted by Gasteiger charge is -2.25. The summed E-state index contributed by atoms with van der Waals surface area (Å²) in [5.41, 5.74) is 0.746. The van der Waals surface area contributed by atoms with Gasteiger partial charge in [0.25, 0.3) is 11.7 Å². The molecule has 9 heteroatoms. The molecule has 33 heavy (non-hydrogen) atoms. The zero-order valence-corrected chi connectivity index (χ0v) is 19.8. The van der Waals surface area contributed by atoms with Crippen molar-refractivity contribution in [1.82, 2.24) is 4.90 Å². The highest BCUT2D eigenvalue weighted by Crippen LogP contribution is 2.44. The van der Waals surface area contributed by atoms with Gasteiger partial charge in [-0.3, -0.25) is 9.59 Å². The lowest BCUT2D eigenvalue weighted by atomic mass is 9.95. The zero-order chi connectivity index (χ0) is 24.1. The normalized spacial score (nSPS) is 17.3. The maximum atomic E-state index is 13.0. The number of aliphatic hydroxyl groups excluding tert-OH is 1. The Hall–Kier alpha value is -3.30. The van der Waals surface area contributed by atoms with Crippen molar-refractivity contribution in [3.63, 3.8) is 0 Å². The predicted octanol–water partition coefficient (Wildman–Crippen LogP) is 3.80. The Morgan fingerprint density at radius 2 is 1.91 bits per heavy atom. The zero-order valence-electron chi connectivity index (χ0n) is 18.2. The van der Waals surface area contributed by atoms with Gasteiger partial charge in [0, 0.05) is 19.2 Å². The van der Waals surface area contributed by atoms with Gasteiger partial charge in [-0.05, 0) is 57.9 Å². The van der Waals surface area contributed by atoms with Gasteiger partial charge in [0.2, 0.25) is 0 Å². The van der Waals surface area contributed by atoms with Gasteiger partial charge in [-0.25, -0.2) is 0 Å². The largest absolute Gasteiger partial charge is 0.507 e. The molecule has 1 saturated heterocycles. The summed E-state index contributed by atoms with van der Waals surface area (Å²) < 4.78 is 16.1. The molecule has 1 atom stereocenters. The first kappa shape index (κ1) is 24.3. The third kappa shape index (κ3) is 4.89. The molecule has 1 amide bonds. The van der Waals surface area contributed by atoms with Crippen molar-refractivity contribution in [1.29, 1.82) is 0 Å². The summed E-state index contributed by atoms with van der Waals surface area (Å²) in [5.74, 6) is -1.30. The van der Waals surface area contributed by atoms with Gasteiger partial charge < -0.3 is 29.3 Å². The van der Waals surface area contributed by atoms with Gasteiger partial charge in [0.15, 0.2) is 11.5 Å². The second-order valence-corrected chi connectivity index (χ2v) is 8.02. The third-order valence-electron chi connectivity index (χ3n) is 5.16. The topological polar surface area (TPSA) is 106 Å². The highest BCUT2D eigenvalue weighted by atomic mass is 79.9. The molecule has 0 unspecified atom stereocenters. The van der Waals surface area contributed by atoms with E-state index in [-0.39, 0.29) is 36.0 Å². The molecule has 0 aromatic heterocycles. The summed E-state index contributed by atoms with van der Waals surface area (Å²) >= 11 is 3.28. The van der Waals surface area contributed by atoms with Crippen molar-refractivity contribution in [2.75, 3.05) is 34.0 Å². The van der Waals surface area contributed by atoms with Crippen LogP contribution < -0.4 is 9.47 Å². The first-order chi connectivity index (χ1) is 15.8. The molecule has 0 aliphatic carbocycles. The molecule has 2 N–H and O–H groups in total. The van der Waals surface area contributed by atoms with E-state index in [1.165, 1.54) is 25.2 Å². The molecule has 8 nitrogen and oxygen atoms in total. The standard InChI is InChI=1S/C24H24BrNO7/c1-4-10-33-16-7-5-14(6-8-16)21(27)19-20(26(9-11-31-2)24(30)23(19)29)15-12-17(25)22(28)18(13-15)32-3/h4-8,12-13,20,27-28H,1,9-11H2,2-3H3/t20-/m0/s1. The van der Waals surface area contributed by atoms with E-state index in [0.717, 1.165) is 0 Å². The molecular weight excluding hydrogens is 494 g/mol. The van der Waals surface area contributed by atoms with Crippen LogP contribution in [0.2, 0.25) is 0 Å². The number of amides is 1. The number of nitrogens with zero attached hydrogens (tertiary/aromatic N) is 1. The summed E-state index contributed by atoms with van der Waals surface area (Å²) in [4.78, 5) is 27.2. The van der Waals surface area contributed by atoms with Crippen LogP contribution in [0.5, 0.6) is 17.2 Å². The van der Waals surface area contributed by atoms with Crippen LogP contribution in [0.4, 0.5) is 0 Å². The van der Waals surface area contributed by atoms with Crippen LogP contribution in [0.1, 0.15) is 17.2 Å². The van der Waals surface area contributed by atoms with Crippen LogP contribution in [0.25, 0.3) is 5.76 Å². The van der Waals surface area contributed by atoms with E-state index in [2.05, 4.69) is 22.5 Å². The van der Waals surface area contributed by atoms with E-state index < -0.39 is 17.7 Å². The average Bonchev–Trinajstić information content (AvgIpc) is 3.07. The number of rotatable bonds is 9. The van der Waals surface area contributed by atoms with Gasteiger partial charge in [0.1, 0.15) is 18.1 Å². The number of Topliss-reactive ketones (excluding diaryl/α,β-unsaturated/α-hetero) is 1. The lowest BCUT2D eigenvalue weighted by molar-refractivity contribution is -0.140. The van der Waals surface area contributed by atoms with Gasteiger partial charge in [-0.2, -0.15) is 0 Å². The quantitative estimate of drug-likeness (QED) is 0.225. The van der Waals surface area contributed by atoms with Crippen molar-refractivity contribution in [3.8, 4) is 17.2 Å². The molecule has 1 aliphatic rings.